The van der Waals surface area contributed by atoms with Gasteiger partial charge in [0.25, 0.3) is 0 Å². The number of rotatable bonds is 6. The molecule has 1 aromatic heterocycles. The van der Waals surface area contributed by atoms with Crippen LogP contribution in [0.25, 0.3) is 0 Å². The molecular weight excluding hydrogens is 300 g/mol. The molecule has 3 atom stereocenters. The highest BCUT2D eigenvalue weighted by Crippen LogP contribution is 2.31. The molecular formula is C16H24N2O3S. The summed E-state index contributed by atoms with van der Waals surface area (Å²) >= 11 is 1.66. The van der Waals surface area contributed by atoms with Crippen molar-refractivity contribution in [2.24, 2.45) is 0 Å². The molecule has 122 valence electrons. The van der Waals surface area contributed by atoms with Crippen LogP contribution >= 0.6 is 11.3 Å². The van der Waals surface area contributed by atoms with E-state index in [-0.39, 0.29) is 18.1 Å². The molecule has 0 bridgehead atoms. The average Bonchev–Trinajstić information content (AvgIpc) is 3.19. The van der Waals surface area contributed by atoms with Gasteiger partial charge in [0.1, 0.15) is 6.10 Å². The standard InChI is InChI=1S/C16H24N2O3S/c1-20-9-8-18-7-6-14-13(18)4-5-15(21-14)16(19)17-11-12-3-2-10-22-12/h2-3,10,13-15H,4-9,11H2,1H3,(H,17,19)/t13-,14-,15+/m1/s1. The first kappa shape index (κ1) is 15.9. The molecule has 0 radical (unpaired) electrons. The number of ether oxygens (including phenoxy) is 2. The molecule has 0 unspecified atom stereocenters. The van der Waals surface area contributed by atoms with Crippen LogP contribution in [0.1, 0.15) is 24.1 Å². The predicted octanol–water partition coefficient (Wildman–Crippen LogP) is 1.63. The van der Waals surface area contributed by atoms with Crippen LogP contribution in [0, 0.1) is 0 Å². The van der Waals surface area contributed by atoms with Crippen LogP contribution in [0.3, 0.4) is 0 Å². The second-order valence-corrected chi connectivity index (χ2v) is 6.95. The maximum Gasteiger partial charge on any atom is 0.249 e. The van der Waals surface area contributed by atoms with Gasteiger partial charge in [-0.25, -0.2) is 0 Å². The third-order valence-electron chi connectivity index (χ3n) is 4.55. The van der Waals surface area contributed by atoms with E-state index in [1.165, 1.54) is 4.88 Å². The van der Waals surface area contributed by atoms with E-state index in [4.69, 9.17) is 9.47 Å². The smallest absolute Gasteiger partial charge is 0.249 e. The second-order valence-electron chi connectivity index (χ2n) is 5.92. The first-order valence-corrected chi connectivity index (χ1v) is 8.84. The summed E-state index contributed by atoms with van der Waals surface area (Å²) < 4.78 is 11.2. The van der Waals surface area contributed by atoms with Gasteiger partial charge in [-0.2, -0.15) is 0 Å². The molecule has 5 nitrogen and oxygen atoms in total. The number of likely N-dealkylation sites (tertiary alicyclic amines) is 1. The van der Waals surface area contributed by atoms with Crippen LogP contribution in [0.4, 0.5) is 0 Å². The Balaban J connectivity index is 1.47. The largest absolute Gasteiger partial charge is 0.383 e. The molecule has 2 aliphatic rings. The van der Waals surface area contributed by atoms with Gasteiger partial charge in [0.2, 0.25) is 5.91 Å². The maximum atomic E-state index is 12.3. The molecule has 3 rings (SSSR count). The minimum absolute atomic E-state index is 0.0298. The Morgan fingerprint density at radius 2 is 2.41 bits per heavy atom. The SMILES string of the molecule is COCCN1CC[C@H]2O[C@H](C(=O)NCc3cccs3)CC[C@H]21. The molecule has 2 aliphatic heterocycles. The summed E-state index contributed by atoms with van der Waals surface area (Å²) in [4.78, 5) is 15.9. The van der Waals surface area contributed by atoms with E-state index >= 15 is 0 Å². The molecule has 3 heterocycles. The summed E-state index contributed by atoms with van der Waals surface area (Å²) in [7, 11) is 1.74. The Bertz CT molecular complexity index is 480. The molecule has 0 spiro atoms. The number of carbonyl (C=O) groups is 1. The van der Waals surface area contributed by atoms with Crippen LogP contribution in [0.5, 0.6) is 0 Å². The topological polar surface area (TPSA) is 50.8 Å². The normalized spacial score (nSPS) is 28.5. The highest BCUT2D eigenvalue weighted by molar-refractivity contribution is 7.09. The molecule has 1 amide bonds. The predicted molar refractivity (Wildman–Crippen MR) is 85.9 cm³/mol. The molecule has 2 saturated heterocycles. The molecule has 0 saturated carbocycles. The second kappa shape index (κ2) is 7.55. The Kier molecular flexibility index (Phi) is 5.46. The molecule has 1 aromatic rings. The number of hydrogen-bond acceptors (Lipinski definition) is 5. The molecule has 1 N–H and O–H groups in total. The van der Waals surface area contributed by atoms with Gasteiger partial charge in [-0.3, -0.25) is 9.69 Å². The number of fused-ring (bicyclic) bond motifs is 1. The zero-order valence-electron chi connectivity index (χ0n) is 13.0. The van der Waals surface area contributed by atoms with Crippen molar-refractivity contribution in [1.82, 2.24) is 10.2 Å². The first-order chi connectivity index (χ1) is 10.8. The number of amides is 1. The lowest BCUT2D eigenvalue weighted by atomic mass is 9.98. The van der Waals surface area contributed by atoms with Crippen molar-refractivity contribution >= 4 is 17.2 Å². The Hall–Kier alpha value is -0.950. The highest BCUT2D eigenvalue weighted by Gasteiger charge is 2.41. The van der Waals surface area contributed by atoms with Crippen molar-refractivity contribution in [3.63, 3.8) is 0 Å². The lowest BCUT2D eigenvalue weighted by Crippen LogP contribution is -2.48. The van der Waals surface area contributed by atoms with Crippen molar-refractivity contribution in [3.8, 4) is 0 Å². The minimum Gasteiger partial charge on any atom is -0.383 e. The lowest BCUT2D eigenvalue weighted by molar-refractivity contribution is -0.144. The summed E-state index contributed by atoms with van der Waals surface area (Å²) in [5, 5.41) is 5.02. The Morgan fingerprint density at radius 3 is 3.18 bits per heavy atom. The Morgan fingerprint density at radius 1 is 1.50 bits per heavy atom. The zero-order chi connectivity index (χ0) is 15.4. The summed E-state index contributed by atoms with van der Waals surface area (Å²) in [6.07, 6.45) is 2.77. The van der Waals surface area contributed by atoms with Gasteiger partial charge < -0.3 is 14.8 Å². The third-order valence-corrected chi connectivity index (χ3v) is 5.43. The van der Waals surface area contributed by atoms with Crippen LogP contribution in [0.15, 0.2) is 17.5 Å². The molecule has 6 heteroatoms. The lowest BCUT2D eigenvalue weighted by Gasteiger charge is -2.35. The number of thiophene rings is 1. The quantitative estimate of drug-likeness (QED) is 0.864. The summed E-state index contributed by atoms with van der Waals surface area (Å²) in [6, 6.07) is 4.49. The molecule has 0 aliphatic carbocycles. The van der Waals surface area contributed by atoms with Crippen molar-refractivity contribution in [2.75, 3.05) is 26.8 Å². The minimum atomic E-state index is -0.288. The number of methoxy groups -OCH3 is 1. The van der Waals surface area contributed by atoms with Gasteiger partial charge in [0.05, 0.1) is 19.3 Å². The van der Waals surface area contributed by atoms with Crippen LogP contribution < -0.4 is 5.32 Å². The highest BCUT2D eigenvalue weighted by atomic mass is 32.1. The van der Waals surface area contributed by atoms with Crippen molar-refractivity contribution in [3.05, 3.63) is 22.4 Å². The van der Waals surface area contributed by atoms with E-state index in [2.05, 4.69) is 10.2 Å². The number of nitrogens with one attached hydrogen (secondary N) is 1. The monoisotopic (exact) mass is 324 g/mol. The van der Waals surface area contributed by atoms with Crippen LogP contribution in [-0.2, 0) is 20.8 Å². The van der Waals surface area contributed by atoms with Crippen molar-refractivity contribution in [1.29, 1.82) is 0 Å². The average molecular weight is 324 g/mol. The first-order valence-electron chi connectivity index (χ1n) is 7.96. The van der Waals surface area contributed by atoms with Crippen LogP contribution in [0.2, 0.25) is 0 Å². The number of carbonyl (C=O) groups excluding carboxylic acids is 1. The fraction of sp³-hybridized carbons (Fsp3) is 0.688. The maximum absolute atomic E-state index is 12.3. The fourth-order valence-electron chi connectivity index (χ4n) is 3.40. The van der Waals surface area contributed by atoms with Crippen LogP contribution in [-0.4, -0.2) is 55.9 Å². The van der Waals surface area contributed by atoms with Gasteiger partial charge in [-0.05, 0) is 30.7 Å². The summed E-state index contributed by atoms with van der Waals surface area (Å²) in [6.45, 7) is 3.36. The van der Waals surface area contributed by atoms with Gasteiger partial charge in [-0.15, -0.1) is 11.3 Å². The van der Waals surface area contributed by atoms with E-state index < -0.39 is 0 Å². The van der Waals surface area contributed by atoms with E-state index in [0.717, 1.165) is 39.0 Å². The molecule has 0 aromatic carbocycles. The van der Waals surface area contributed by atoms with E-state index in [1.807, 2.05) is 17.5 Å². The zero-order valence-corrected chi connectivity index (χ0v) is 13.8. The van der Waals surface area contributed by atoms with Gasteiger partial charge in [0.15, 0.2) is 0 Å². The van der Waals surface area contributed by atoms with E-state index in [0.29, 0.717) is 12.6 Å². The van der Waals surface area contributed by atoms with Gasteiger partial charge in [0, 0.05) is 31.1 Å². The van der Waals surface area contributed by atoms with Gasteiger partial charge in [-0.1, -0.05) is 6.07 Å². The van der Waals surface area contributed by atoms with Crippen molar-refractivity contribution in [2.45, 2.75) is 44.1 Å². The Labute approximate surface area is 135 Å². The number of nitrogens with zero attached hydrogens (tertiary/aromatic N) is 1. The third kappa shape index (κ3) is 3.68. The van der Waals surface area contributed by atoms with Crippen molar-refractivity contribution < 1.29 is 14.3 Å². The van der Waals surface area contributed by atoms with E-state index in [1.54, 1.807) is 18.4 Å². The summed E-state index contributed by atoms with van der Waals surface area (Å²) in [5.41, 5.74) is 0. The fourth-order valence-corrected chi connectivity index (χ4v) is 4.04. The van der Waals surface area contributed by atoms with E-state index in [9.17, 15) is 4.79 Å². The van der Waals surface area contributed by atoms with Gasteiger partial charge >= 0.3 is 0 Å². The molecule has 22 heavy (non-hydrogen) atoms. The number of hydrogen-bond donors (Lipinski definition) is 1. The molecule has 2 fully saturated rings. The summed E-state index contributed by atoms with van der Waals surface area (Å²) in [5.74, 6) is 0.0298.